The zero-order chi connectivity index (χ0) is 15.7. The highest BCUT2D eigenvalue weighted by molar-refractivity contribution is 7.71. The molecule has 1 aliphatic heterocycles. The Hall–Kier alpha value is -1.57. The number of rotatable bonds is 3. The number of aromatic nitrogens is 4. The van der Waals surface area contributed by atoms with Crippen LogP contribution in [0.3, 0.4) is 0 Å². The average molecular weight is 319 g/mol. The van der Waals surface area contributed by atoms with Crippen LogP contribution in [-0.2, 0) is 6.67 Å². The van der Waals surface area contributed by atoms with E-state index in [0.29, 0.717) is 11.4 Å². The fraction of sp³-hybridized carbons (Fsp3) is 0.533. The summed E-state index contributed by atoms with van der Waals surface area (Å²) in [5.74, 6) is 0. The third kappa shape index (κ3) is 2.97. The first kappa shape index (κ1) is 15.3. The smallest absolute Gasteiger partial charge is 0.221 e. The minimum Gasteiger partial charge on any atom is -0.393 e. The molecule has 22 heavy (non-hydrogen) atoms. The van der Waals surface area contributed by atoms with Crippen LogP contribution in [0.4, 0.5) is 0 Å². The zero-order valence-electron chi connectivity index (χ0n) is 12.9. The van der Waals surface area contributed by atoms with Gasteiger partial charge in [0.1, 0.15) is 0 Å². The number of likely N-dealkylation sites (tertiary alicyclic amines) is 1. The molecule has 0 bridgehead atoms. The summed E-state index contributed by atoms with van der Waals surface area (Å²) < 4.78 is 4.08. The number of para-hydroxylation sites is 1. The molecule has 2 aromatic rings. The van der Waals surface area contributed by atoms with Crippen LogP contribution in [0.15, 0.2) is 18.2 Å². The lowest BCUT2D eigenvalue weighted by Crippen LogP contribution is -2.37. The SMILES string of the molecule is Cc1cccc(C)c1-n1nnn(CN2CCC(O)CC2)c1=S. The lowest BCUT2D eigenvalue weighted by molar-refractivity contribution is 0.0647. The number of tetrazole rings is 1. The van der Waals surface area contributed by atoms with E-state index in [0.717, 1.165) is 42.7 Å². The molecule has 1 aromatic heterocycles. The molecule has 0 unspecified atom stereocenters. The zero-order valence-corrected chi connectivity index (χ0v) is 13.8. The van der Waals surface area contributed by atoms with E-state index in [1.165, 1.54) is 0 Å². The van der Waals surface area contributed by atoms with Crippen molar-refractivity contribution in [2.24, 2.45) is 0 Å². The Morgan fingerprint density at radius 3 is 2.45 bits per heavy atom. The topological polar surface area (TPSA) is 59.1 Å². The lowest BCUT2D eigenvalue weighted by Gasteiger charge is -2.28. The normalized spacial score (nSPS) is 17.0. The van der Waals surface area contributed by atoms with Gasteiger partial charge in [-0.25, -0.2) is 4.68 Å². The number of hydrogen-bond acceptors (Lipinski definition) is 5. The van der Waals surface area contributed by atoms with Crippen molar-refractivity contribution in [3.05, 3.63) is 34.1 Å². The summed E-state index contributed by atoms with van der Waals surface area (Å²) in [5, 5.41) is 18.0. The molecule has 1 N–H and O–H groups in total. The van der Waals surface area contributed by atoms with Crippen LogP contribution >= 0.6 is 12.2 Å². The Morgan fingerprint density at radius 1 is 1.18 bits per heavy atom. The van der Waals surface area contributed by atoms with Gasteiger partial charge < -0.3 is 5.11 Å². The van der Waals surface area contributed by atoms with E-state index in [9.17, 15) is 5.11 Å². The molecular weight excluding hydrogens is 298 g/mol. The maximum absolute atomic E-state index is 9.58. The molecule has 0 atom stereocenters. The summed E-state index contributed by atoms with van der Waals surface area (Å²) in [7, 11) is 0. The third-order valence-corrected chi connectivity index (χ3v) is 4.57. The molecule has 3 rings (SSSR count). The quantitative estimate of drug-likeness (QED) is 0.875. The van der Waals surface area contributed by atoms with Crippen molar-refractivity contribution in [1.29, 1.82) is 0 Å². The molecule has 0 aliphatic carbocycles. The van der Waals surface area contributed by atoms with Crippen molar-refractivity contribution in [2.75, 3.05) is 13.1 Å². The summed E-state index contributed by atoms with van der Waals surface area (Å²) in [6.07, 6.45) is 1.44. The van der Waals surface area contributed by atoms with Crippen molar-refractivity contribution in [3.8, 4) is 5.69 Å². The van der Waals surface area contributed by atoms with Crippen LogP contribution in [0.25, 0.3) is 5.69 Å². The maximum atomic E-state index is 9.58. The van der Waals surface area contributed by atoms with Gasteiger partial charge in [0.15, 0.2) is 0 Å². The van der Waals surface area contributed by atoms with Crippen LogP contribution in [-0.4, -0.2) is 49.0 Å². The highest BCUT2D eigenvalue weighted by Gasteiger charge is 2.18. The fourth-order valence-electron chi connectivity index (χ4n) is 2.89. The second kappa shape index (κ2) is 6.28. The number of aliphatic hydroxyl groups is 1. The molecule has 1 aliphatic rings. The molecule has 1 fully saturated rings. The Morgan fingerprint density at radius 2 is 1.82 bits per heavy atom. The van der Waals surface area contributed by atoms with E-state index < -0.39 is 0 Å². The van der Waals surface area contributed by atoms with Crippen LogP contribution in [0.1, 0.15) is 24.0 Å². The van der Waals surface area contributed by atoms with Gasteiger partial charge in [-0.1, -0.05) is 18.2 Å². The van der Waals surface area contributed by atoms with Gasteiger partial charge >= 0.3 is 0 Å². The summed E-state index contributed by atoms with van der Waals surface area (Å²) in [5.41, 5.74) is 3.27. The van der Waals surface area contributed by atoms with Gasteiger partial charge in [-0.2, -0.15) is 4.68 Å². The van der Waals surface area contributed by atoms with Gasteiger partial charge in [-0.05, 0) is 60.5 Å². The summed E-state index contributed by atoms with van der Waals surface area (Å²) in [6, 6.07) is 6.13. The molecule has 7 heteroatoms. The van der Waals surface area contributed by atoms with Gasteiger partial charge in [-0.3, -0.25) is 4.90 Å². The first-order valence-electron chi connectivity index (χ1n) is 7.56. The minimum atomic E-state index is -0.172. The van der Waals surface area contributed by atoms with Crippen LogP contribution in [0.5, 0.6) is 0 Å². The highest BCUT2D eigenvalue weighted by Crippen LogP contribution is 2.18. The van der Waals surface area contributed by atoms with Crippen molar-refractivity contribution >= 4 is 12.2 Å². The largest absolute Gasteiger partial charge is 0.393 e. The monoisotopic (exact) mass is 319 g/mol. The lowest BCUT2D eigenvalue weighted by atomic mass is 10.1. The molecule has 0 saturated carbocycles. The highest BCUT2D eigenvalue weighted by atomic mass is 32.1. The van der Waals surface area contributed by atoms with E-state index in [4.69, 9.17) is 12.2 Å². The average Bonchev–Trinajstić information content (AvgIpc) is 2.83. The second-order valence-electron chi connectivity index (χ2n) is 5.90. The Kier molecular flexibility index (Phi) is 4.37. The van der Waals surface area contributed by atoms with Crippen molar-refractivity contribution in [2.45, 2.75) is 39.5 Å². The summed E-state index contributed by atoms with van der Waals surface area (Å²) in [6.45, 7) is 6.44. The third-order valence-electron chi connectivity index (χ3n) is 4.18. The Labute approximate surface area is 135 Å². The number of benzene rings is 1. The van der Waals surface area contributed by atoms with Gasteiger partial charge in [0.2, 0.25) is 4.77 Å². The number of hydrogen-bond donors (Lipinski definition) is 1. The number of nitrogens with zero attached hydrogens (tertiary/aromatic N) is 5. The first-order valence-corrected chi connectivity index (χ1v) is 7.97. The van der Waals surface area contributed by atoms with Crippen LogP contribution in [0, 0.1) is 18.6 Å². The van der Waals surface area contributed by atoms with E-state index >= 15 is 0 Å². The Bertz CT molecular complexity index is 695. The van der Waals surface area contributed by atoms with Crippen LogP contribution < -0.4 is 0 Å². The minimum absolute atomic E-state index is 0.172. The number of aliphatic hydroxyl groups excluding tert-OH is 1. The molecule has 1 aromatic carbocycles. The standard InChI is InChI=1S/C15H21N5OS/c1-11-4-3-5-12(2)14(11)20-15(22)19(16-17-20)10-18-8-6-13(21)7-9-18/h3-5,13,21H,6-10H2,1-2H3. The number of aryl methyl sites for hydroxylation is 2. The number of piperidine rings is 1. The second-order valence-corrected chi connectivity index (χ2v) is 6.27. The Balaban J connectivity index is 1.85. The van der Waals surface area contributed by atoms with Gasteiger partial charge in [0, 0.05) is 13.1 Å². The molecule has 0 radical (unpaired) electrons. The van der Waals surface area contributed by atoms with Gasteiger partial charge in [-0.15, -0.1) is 0 Å². The predicted molar refractivity (Wildman–Crippen MR) is 86.5 cm³/mol. The van der Waals surface area contributed by atoms with Crippen LogP contribution in [0.2, 0.25) is 0 Å². The van der Waals surface area contributed by atoms with Crippen molar-refractivity contribution < 1.29 is 5.11 Å². The first-order chi connectivity index (χ1) is 10.6. The molecule has 0 spiro atoms. The molecule has 2 heterocycles. The fourth-order valence-corrected chi connectivity index (χ4v) is 3.12. The predicted octanol–water partition coefficient (Wildman–Crippen LogP) is 1.83. The van der Waals surface area contributed by atoms with Crippen molar-refractivity contribution in [3.63, 3.8) is 0 Å². The van der Waals surface area contributed by atoms with E-state index in [1.807, 2.05) is 6.07 Å². The maximum Gasteiger partial charge on any atom is 0.221 e. The van der Waals surface area contributed by atoms with E-state index in [1.54, 1.807) is 9.36 Å². The molecule has 118 valence electrons. The van der Waals surface area contributed by atoms with Gasteiger partial charge in [0.05, 0.1) is 18.5 Å². The van der Waals surface area contributed by atoms with E-state index in [2.05, 4.69) is 41.3 Å². The molecule has 1 saturated heterocycles. The summed E-state index contributed by atoms with van der Waals surface area (Å²) in [4.78, 5) is 2.24. The summed E-state index contributed by atoms with van der Waals surface area (Å²) >= 11 is 5.54. The van der Waals surface area contributed by atoms with Crippen molar-refractivity contribution in [1.82, 2.24) is 24.7 Å². The van der Waals surface area contributed by atoms with Gasteiger partial charge in [0.25, 0.3) is 0 Å². The molecular formula is C15H21N5OS. The van der Waals surface area contributed by atoms with E-state index in [-0.39, 0.29) is 6.10 Å². The molecule has 6 nitrogen and oxygen atoms in total. The molecule has 0 amide bonds.